The maximum Gasteiger partial charge on any atom is 0.337 e. The summed E-state index contributed by atoms with van der Waals surface area (Å²) in [7, 11) is 1.51. The maximum absolute atomic E-state index is 14.8. The Hall–Kier alpha value is -3.91. The molecule has 3 heterocycles. The van der Waals surface area contributed by atoms with Gasteiger partial charge in [0.2, 0.25) is 0 Å². The molecule has 1 aliphatic heterocycles. The zero-order valence-electron chi connectivity index (χ0n) is 22.9. The van der Waals surface area contributed by atoms with Crippen LogP contribution in [0.2, 0.25) is 0 Å². The van der Waals surface area contributed by atoms with E-state index in [4.69, 9.17) is 19.2 Å². The molecule has 0 bridgehead atoms. The molecule has 1 N–H and O–H groups in total. The van der Waals surface area contributed by atoms with E-state index >= 15 is 0 Å². The SMILES string of the molecule is COc1cccc(F)c1Cn1ccc2c(-c3ccc4c(c3)CCCO4)c(C(OC(C)(C)C)C(=O)O)c(C)nc21. The van der Waals surface area contributed by atoms with Crippen LogP contribution in [0.3, 0.4) is 0 Å². The lowest BCUT2D eigenvalue weighted by Gasteiger charge is -2.28. The number of ether oxygens (including phenoxy) is 3. The number of rotatable bonds is 7. The van der Waals surface area contributed by atoms with E-state index in [2.05, 4.69) is 6.07 Å². The van der Waals surface area contributed by atoms with E-state index in [0.29, 0.717) is 34.8 Å². The number of benzene rings is 2. The van der Waals surface area contributed by atoms with Crippen molar-refractivity contribution in [2.24, 2.45) is 0 Å². The van der Waals surface area contributed by atoms with Crippen LogP contribution in [0.15, 0.2) is 48.7 Å². The summed E-state index contributed by atoms with van der Waals surface area (Å²) in [4.78, 5) is 17.5. The first-order chi connectivity index (χ1) is 18.6. The van der Waals surface area contributed by atoms with Crippen LogP contribution in [0.4, 0.5) is 4.39 Å². The summed E-state index contributed by atoms with van der Waals surface area (Å²) in [6, 6.07) is 12.6. The summed E-state index contributed by atoms with van der Waals surface area (Å²) in [5.74, 6) is -0.167. The Balaban J connectivity index is 1.75. The van der Waals surface area contributed by atoms with Crippen molar-refractivity contribution < 1.29 is 28.5 Å². The smallest absolute Gasteiger partial charge is 0.337 e. The molecule has 1 atom stereocenters. The van der Waals surface area contributed by atoms with E-state index in [0.717, 1.165) is 40.7 Å². The first kappa shape index (κ1) is 26.7. The first-order valence-corrected chi connectivity index (χ1v) is 13.0. The zero-order valence-corrected chi connectivity index (χ0v) is 22.9. The van der Waals surface area contributed by atoms with E-state index in [-0.39, 0.29) is 12.4 Å². The van der Waals surface area contributed by atoms with Gasteiger partial charge in [0.1, 0.15) is 23.0 Å². The molecule has 5 rings (SSSR count). The predicted molar refractivity (Wildman–Crippen MR) is 147 cm³/mol. The maximum atomic E-state index is 14.8. The van der Waals surface area contributed by atoms with Crippen LogP contribution >= 0.6 is 0 Å². The molecule has 0 saturated carbocycles. The van der Waals surface area contributed by atoms with Crippen molar-refractivity contribution in [3.63, 3.8) is 0 Å². The number of pyridine rings is 1. The summed E-state index contributed by atoms with van der Waals surface area (Å²) in [6.07, 6.45) is 2.40. The first-order valence-electron chi connectivity index (χ1n) is 13.0. The van der Waals surface area contributed by atoms with Crippen LogP contribution in [0.1, 0.15) is 55.7 Å². The fourth-order valence-corrected chi connectivity index (χ4v) is 5.24. The van der Waals surface area contributed by atoms with Crippen LogP contribution in [0.25, 0.3) is 22.2 Å². The number of aromatic nitrogens is 2. The Bertz CT molecular complexity index is 1550. The van der Waals surface area contributed by atoms with Crippen molar-refractivity contribution in [1.29, 1.82) is 0 Å². The number of hydrogen-bond acceptors (Lipinski definition) is 5. The molecule has 39 heavy (non-hydrogen) atoms. The fourth-order valence-electron chi connectivity index (χ4n) is 5.24. The van der Waals surface area contributed by atoms with Gasteiger partial charge in [-0.05, 0) is 82.0 Å². The van der Waals surface area contributed by atoms with E-state index < -0.39 is 17.7 Å². The van der Waals surface area contributed by atoms with Crippen molar-refractivity contribution in [2.75, 3.05) is 13.7 Å². The van der Waals surface area contributed by atoms with Gasteiger partial charge < -0.3 is 23.9 Å². The number of aliphatic carboxylic acids is 1. The average molecular weight is 533 g/mol. The van der Waals surface area contributed by atoms with Gasteiger partial charge in [-0.1, -0.05) is 12.1 Å². The minimum Gasteiger partial charge on any atom is -0.496 e. The number of carbonyl (C=O) groups is 1. The number of methoxy groups -OCH3 is 1. The highest BCUT2D eigenvalue weighted by atomic mass is 19.1. The summed E-state index contributed by atoms with van der Waals surface area (Å²) in [5, 5.41) is 11.1. The van der Waals surface area contributed by atoms with E-state index in [1.165, 1.54) is 13.2 Å². The average Bonchev–Trinajstić information content (AvgIpc) is 3.28. The lowest BCUT2D eigenvalue weighted by Crippen LogP contribution is -2.28. The van der Waals surface area contributed by atoms with Crippen LogP contribution in [0, 0.1) is 12.7 Å². The van der Waals surface area contributed by atoms with Crippen molar-refractivity contribution >= 4 is 17.0 Å². The number of nitrogens with zero attached hydrogens (tertiary/aromatic N) is 2. The fraction of sp³-hybridized carbons (Fsp3) is 0.355. The summed E-state index contributed by atoms with van der Waals surface area (Å²) < 4.78 is 34.0. The standard InChI is InChI=1S/C31H33FN2O5/c1-18-26(28(30(35)36)39-31(2,3)4)27(20-11-12-24-19(16-20)8-7-15-38-24)21-13-14-34(29(21)33-18)17-22-23(32)9-6-10-25(22)37-5/h6,9-14,16,28H,7-8,15,17H2,1-5H3,(H,35,36). The molecule has 7 nitrogen and oxygen atoms in total. The lowest BCUT2D eigenvalue weighted by atomic mass is 9.90. The minimum absolute atomic E-state index is 0.198. The quantitative estimate of drug-likeness (QED) is 0.294. The normalized spacial score (nSPS) is 14.1. The topological polar surface area (TPSA) is 82.8 Å². The van der Waals surface area contributed by atoms with Crippen LogP contribution < -0.4 is 9.47 Å². The molecule has 1 unspecified atom stereocenters. The van der Waals surface area contributed by atoms with Gasteiger partial charge in [-0.3, -0.25) is 0 Å². The highest BCUT2D eigenvalue weighted by molar-refractivity contribution is 5.98. The molecule has 0 radical (unpaired) electrons. The molecule has 4 aromatic rings. The van der Waals surface area contributed by atoms with E-state index in [9.17, 15) is 14.3 Å². The molecule has 2 aromatic heterocycles. The lowest BCUT2D eigenvalue weighted by molar-refractivity contribution is -0.160. The van der Waals surface area contributed by atoms with Gasteiger partial charge in [0.15, 0.2) is 6.10 Å². The zero-order chi connectivity index (χ0) is 27.9. The predicted octanol–water partition coefficient (Wildman–Crippen LogP) is 6.47. The Labute approximate surface area is 227 Å². The Kier molecular flexibility index (Phi) is 7.07. The Morgan fingerprint density at radius 1 is 1.23 bits per heavy atom. The summed E-state index contributed by atoms with van der Waals surface area (Å²) in [5.41, 5.74) is 4.02. The van der Waals surface area contributed by atoms with Crippen molar-refractivity contribution in [1.82, 2.24) is 9.55 Å². The molecular formula is C31H33FN2O5. The molecule has 0 amide bonds. The third-order valence-electron chi connectivity index (χ3n) is 6.92. The number of aryl methyl sites for hydroxylation is 2. The molecule has 0 aliphatic carbocycles. The molecule has 2 aromatic carbocycles. The number of fused-ring (bicyclic) bond motifs is 2. The van der Waals surface area contributed by atoms with E-state index in [1.807, 2.05) is 49.7 Å². The van der Waals surface area contributed by atoms with Crippen molar-refractivity contribution in [2.45, 2.75) is 58.8 Å². The largest absolute Gasteiger partial charge is 0.496 e. The molecule has 0 spiro atoms. The molecular weight excluding hydrogens is 499 g/mol. The van der Waals surface area contributed by atoms with Crippen molar-refractivity contribution in [3.05, 3.63) is 76.9 Å². The van der Waals surface area contributed by atoms with Gasteiger partial charge in [0.25, 0.3) is 0 Å². The van der Waals surface area contributed by atoms with Gasteiger partial charge in [-0.15, -0.1) is 0 Å². The Morgan fingerprint density at radius 2 is 2.03 bits per heavy atom. The third-order valence-corrected chi connectivity index (χ3v) is 6.92. The monoisotopic (exact) mass is 532 g/mol. The van der Waals surface area contributed by atoms with Gasteiger partial charge >= 0.3 is 5.97 Å². The molecule has 0 fully saturated rings. The number of hydrogen-bond donors (Lipinski definition) is 1. The van der Waals surface area contributed by atoms with Crippen LogP contribution in [-0.4, -0.2) is 39.9 Å². The van der Waals surface area contributed by atoms with Crippen LogP contribution in [-0.2, 0) is 22.5 Å². The van der Waals surface area contributed by atoms with E-state index in [1.54, 1.807) is 19.1 Å². The number of halogens is 1. The summed E-state index contributed by atoms with van der Waals surface area (Å²) in [6.45, 7) is 8.17. The molecule has 1 aliphatic rings. The number of carboxylic acid groups (broad SMARTS) is 1. The third kappa shape index (κ3) is 5.21. The second kappa shape index (κ2) is 10.3. The highest BCUT2D eigenvalue weighted by Gasteiger charge is 2.33. The summed E-state index contributed by atoms with van der Waals surface area (Å²) >= 11 is 0. The van der Waals surface area contributed by atoms with Crippen LogP contribution in [0.5, 0.6) is 11.5 Å². The highest BCUT2D eigenvalue weighted by Crippen LogP contribution is 2.41. The van der Waals surface area contributed by atoms with Gasteiger partial charge in [0.05, 0.1) is 25.9 Å². The molecule has 204 valence electrons. The van der Waals surface area contributed by atoms with Gasteiger partial charge in [0, 0.05) is 34.0 Å². The molecule has 8 heteroatoms. The van der Waals surface area contributed by atoms with Gasteiger partial charge in [-0.25, -0.2) is 14.2 Å². The Morgan fingerprint density at radius 3 is 2.74 bits per heavy atom. The second-order valence-electron chi connectivity index (χ2n) is 10.8. The molecule has 0 saturated heterocycles. The van der Waals surface area contributed by atoms with Crippen molar-refractivity contribution in [3.8, 4) is 22.6 Å². The van der Waals surface area contributed by atoms with Gasteiger partial charge in [-0.2, -0.15) is 0 Å². The second-order valence-corrected chi connectivity index (χ2v) is 10.8. The number of carboxylic acids is 1. The minimum atomic E-state index is -1.24.